The fraction of sp³-hybridized carbons (Fsp3) is 0.120. The van der Waals surface area contributed by atoms with Crippen molar-refractivity contribution >= 4 is 27.3 Å². The van der Waals surface area contributed by atoms with Gasteiger partial charge in [-0.05, 0) is 42.3 Å². The number of hydrogen-bond acceptors (Lipinski definition) is 6. The Balaban J connectivity index is 1.43. The van der Waals surface area contributed by atoms with Crippen molar-refractivity contribution in [2.45, 2.75) is 12.8 Å². The third-order valence-corrected chi connectivity index (χ3v) is 5.99. The lowest BCUT2D eigenvalue weighted by Gasteiger charge is -2.16. The van der Waals surface area contributed by atoms with Crippen LogP contribution in [0.2, 0.25) is 0 Å². The standard InChI is InChI=1S/C25H21N5O2S/c1-2-32-20-15-13-19(14-16-20)22-27-28-25-30(22)29-24(33-25)26-23(31)21(17-9-5-3-6-10-17)18-11-7-4-8-12-18/h3-16,21H,2H2,1H3,(H,26,29,31). The van der Waals surface area contributed by atoms with E-state index in [1.54, 1.807) is 4.52 Å². The molecule has 0 bridgehead atoms. The van der Waals surface area contributed by atoms with Gasteiger partial charge >= 0.3 is 0 Å². The van der Waals surface area contributed by atoms with Crippen LogP contribution in [0.15, 0.2) is 84.9 Å². The molecule has 0 saturated heterocycles. The van der Waals surface area contributed by atoms with Gasteiger partial charge < -0.3 is 4.74 Å². The molecule has 164 valence electrons. The summed E-state index contributed by atoms with van der Waals surface area (Å²) < 4.78 is 7.15. The highest BCUT2D eigenvalue weighted by molar-refractivity contribution is 7.20. The average molecular weight is 456 g/mol. The molecule has 0 saturated carbocycles. The molecule has 2 heterocycles. The number of amides is 1. The normalized spacial score (nSPS) is 11.1. The molecule has 0 aliphatic carbocycles. The first kappa shape index (κ1) is 20.8. The highest BCUT2D eigenvalue weighted by Gasteiger charge is 2.24. The van der Waals surface area contributed by atoms with E-state index in [2.05, 4.69) is 20.6 Å². The first-order valence-electron chi connectivity index (χ1n) is 10.6. The largest absolute Gasteiger partial charge is 0.494 e. The Morgan fingerprint density at radius 1 is 0.939 bits per heavy atom. The molecule has 3 aromatic carbocycles. The molecule has 0 unspecified atom stereocenters. The van der Waals surface area contributed by atoms with Gasteiger partial charge in [-0.15, -0.1) is 15.3 Å². The highest BCUT2D eigenvalue weighted by atomic mass is 32.1. The predicted octanol–water partition coefficient (Wildman–Crippen LogP) is 5.02. The Kier molecular flexibility index (Phi) is 5.82. The van der Waals surface area contributed by atoms with Gasteiger partial charge in [0.05, 0.1) is 12.5 Å². The van der Waals surface area contributed by atoms with Gasteiger partial charge in [-0.1, -0.05) is 72.0 Å². The SMILES string of the molecule is CCOc1ccc(-c2nnc3sc(NC(=O)C(c4ccccc4)c4ccccc4)nn23)cc1. The lowest BCUT2D eigenvalue weighted by molar-refractivity contribution is -0.116. The number of anilines is 1. The lowest BCUT2D eigenvalue weighted by Crippen LogP contribution is -2.22. The van der Waals surface area contributed by atoms with Gasteiger partial charge in [-0.2, -0.15) is 4.52 Å². The third kappa shape index (κ3) is 4.33. The zero-order valence-electron chi connectivity index (χ0n) is 17.9. The monoisotopic (exact) mass is 455 g/mol. The minimum atomic E-state index is -0.452. The Morgan fingerprint density at radius 2 is 1.58 bits per heavy atom. The van der Waals surface area contributed by atoms with E-state index in [0.717, 1.165) is 22.4 Å². The summed E-state index contributed by atoms with van der Waals surface area (Å²) in [6, 6.07) is 27.1. The van der Waals surface area contributed by atoms with E-state index in [4.69, 9.17) is 4.74 Å². The van der Waals surface area contributed by atoms with Crippen molar-refractivity contribution in [1.29, 1.82) is 0 Å². The second-order valence-electron chi connectivity index (χ2n) is 7.33. The number of aromatic nitrogens is 4. The Bertz CT molecular complexity index is 1330. The van der Waals surface area contributed by atoms with Crippen LogP contribution in [0.1, 0.15) is 24.0 Å². The maximum atomic E-state index is 13.4. The molecular formula is C25H21N5O2S. The number of nitrogens with one attached hydrogen (secondary N) is 1. The molecule has 0 aliphatic rings. The molecule has 1 amide bonds. The first-order valence-corrected chi connectivity index (χ1v) is 11.4. The second-order valence-corrected chi connectivity index (χ2v) is 8.28. The number of carbonyl (C=O) groups is 1. The molecule has 5 rings (SSSR count). The van der Waals surface area contributed by atoms with Gasteiger partial charge in [-0.25, -0.2) is 0 Å². The van der Waals surface area contributed by atoms with E-state index in [1.165, 1.54) is 11.3 Å². The molecule has 33 heavy (non-hydrogen) atoms. The van der Waals surface area contributed by atoms with Crippen molar-refractivity contribution in [3.05, 3.63) is 96.1 Å². The maximum absolute atomic E-state index is 13.4. The van der Waals surface area contributed by atoms with Crippen molar-refractivity contribution < 1.29 is 9.53 Å². The summed E-state index contributed by atoms with van der Waals surface area (Å²) in [6.07, 6.45) is 0. The quantitative estimate of drug-likeness (QED) is 0.373. The Hall–Kier alpha value is -4.04. The molecule has 1 N–H and O–H groups in total. The average Bonchev–Trinajstić information content (AvgIpc) is 3.42. The van der Waals surface area contributed by atoms with Crippen LogP contribution < -0.4 is 10.1 Å². The molecule has 7 nitrogen and oxygen atoms in total. The predicted molar refractivity (Wildman–Crippen MR) is 129 cm³/mol. The Labute approximate surface area is 194 Å². The van der Waals surface area contributed by atoms with Crippen LogP contribution in [-0.2, 0) is 4.79 Å². The van der Waals surface area contributed by atoms with Gasteiger partial charge in [0.2, 0.25) is 16.0 Å². The van der Waals surface area contributed by atoms with Crippen LogP contribution in [0, 0.1) is 0 Å². The molecule has 0 fully saturated rings. The number of hydrogen-bond donors (Lipinski definition) is 1. The molecule has 0 aliphatic heterocycles. The van der Waals surface area contributed by atoms with Crippen molar-refractivity contribution in [2.24, 2.45) is 0 Å². The molecule has 0 spiro atoms. The van der Waals surface area contributed by atoms with Crippen LogP contribution in [0.5, 0.6) is 5.75 Å². The van der Waals surface area contributed by atoms with Gasteiger partial charge in [0.1, 0.15) is 5.75 Å². The number of carbonyl (C=O) groups excluding carboxylic acids is 1. The highest BCUT2D eigenvalue weighted by Crippen LogP contribution is 2.29. The van der Waals surface area contributed by atoms with Gasteiger partial charge in [0.15, 0.2) is 5.82 Å². The summed E-state index contributed by atoms with van der Waals surface area (Å²) in [5.41, 5.74) is 2.69. The van der Waals surface area contributed by atoms with Crippen molar-refractivity contribution in [3.63, 3.8) is 0 Å². The summed E-state index contributed by atoms with van der Waals surface area (Å²) in [4.78, 5) is 14.0. The number of ether oxygens (including phenoxy) is 1. The van der Waals surface area contributed by atoms with Crippen molar-refractivity contribution in [1.82, 2.24) is 19.8 Å². The zero-order valence-corrected chi connectivity index (χ0v) is 18.7. The summed E-state index contributed by atoms with van der Waals surface area (Å²) in [7, 11) is 0. The second kappa shape index (κ2) is 9.22. The summed E-state index contributed by atoms with van der Waals surface area (Å²) in [6.45, 7) is 2.55. The van der Waals surface area contributed by atoms with Crippen molar-refractivity contribution in [2.75, 3.05) is 11.9 Å². The fourth-order valence-corrected chi connectivity index (χ4v) is 4.42. The van der Waals surface area contributed by atoms with Gasteiger partial charge in [-0.3, -0.25) is 10.1 Å². The summed E-state index contributed by atoms with van der Waals surface area (Å²) in [5.74, 6) is 0.792. The van der Waals surface area contributed by atoms with E-state index in [-0.39, 0.29) is 5.91 Å². The Morgan fingerprint density at radius 3 is 2.18 bits per heavy atom. The molecule has 8 heteroatoms. The lowest BCUT2D eigenvalue weighted by atomic mass is 9.90. The van der Waals surface area contributed by atoms with Crippen LogP contribution >= 0.6 is 11.3 Å². The first-order chi connectivity index (χ1) is 16.2. The number of benzene rings is 3. The van der Waals surface area contributed by atoms with E-state index in [0.29, 0.717) is 22.5 Å². The van der Waals surface area contributed by atoms with Crippen LogP contribution in [-0.4, -0.2) is 32.3 Å². The fourth-order valence-electron chi connectivity index (χ4n) is 3.68. The molecule has 5 aromatic rings. The smallest absolute Gasteiger partial charge is 0.238 e. The minimum Gasteiger partial charge on any atom is -0.494 e. The van der Waals surface area contributed by atoms with Crippen LogP contribution in [0.4, 0.5) is 5.13 Å². The van der Waals surface area contributed by atoms with Crippen molar-refractivity contribution in [3.8, 4) is 17.1 Å². The molecule has 0 radical (unpaired) electrons. The van der Waals surface area contributed by atoms with Gasteiger partial charge in [0.25, 0.3) is 0 Å². The maximum Gasteiger partial charge on any atom is 0.238 e. The molecule has 2 aromatic heterocycles. The van der Waals surface area contributed by atoms with Gasteiger partial charge in [0, 0.05) is 5.56 Å². The summed E-state index contributed by atoms with van der Waals surface area (Å²) >= 11 is 1.28. The van der Waals surface area contributed by atoms with E-state index >= 15 is 0 Å². The van der Waals surface area contributed by atoms with E-state index < -0.39 is 5.92 Å². The molecule has 0 atom stereocenters. The van der Waals surface area contributed by atoms with E-state index in [9.17, 15) is 4.79 Å². The number of fused-ring (bicyclic) bond motifs is 1. The van der Waals surface area contributed by atoms with Crippen LogP contribution in [0.25, 0.3) is 16.3 Å². The van der Waals surface area contributed by atoms with E-state index in [1.807, 2.05) is 91.9 Å². The zero-order chi connectivity index (χ0) is 22.6. The third-order valence-electron chi connectivity index (χ3n) is 5.17. The minimum absolute atomic E-state index is 0.153. The topological polar surface area (TPSA) is 81.4 Å². The van der Waals surface area contributed by atoms with Crippen LogP contribution in [0.3, 0.4) is 0 Å². The summed E-state index contributed by atoms with van der Waals surface area (Å²) in [5, 5.41) is 16.5. The number of rotatable bonds is 7. The number of nitrogens with zero attached hydrogens (tertiary/aromatic N) is 4. The molecular weight excluding hydrogens is 434 g/mol.